The molecule has 0 aliphatic heterocycles. The van der Waals surface area contributed by atoms with Gasteiger partial charge < -0.3 is 21.1 Å². The quantitative estimate of drug-likeness (QED) is 0.394. The van der Waals surface area contributed by atoms with Gasteiger partial charge in [0.25, 0.3) is 0 Å². The first kappa shape index (κ1) is 13.8. The van der Waals surface area contributed by atoms with Crippen LogP contribution >= 0.6 is 12.6 Å². The molecule has 17 heavy (non-hydrogen) atoms. The van der Waals surface area contributed by atoms with Gasteiger partial charge in [0.15, 0.2) is 0 Å². The summed E-state index contributed by atoms with van der Waals surface area (Å²) in [5.41, 5.74) is 6.04. The van der Waals surface area contributed by atoms with Crippen molar-refractivity contribution in [3.63, 3.8) is 0 Å². The van der Waals surface area contributed by atoms with Crippen LogP contribution in [0.1, 0.15) is 28.4 Å². The second-order valence-electron chi connectivity index (χ2n) is 3.72. The van der Waals surface area contributed by atoms with Crippen molar-refractivity contribution in [1.29, 1.82) is 0 Å². The van der Waals surface area contributed by atoms with Crippen LogP contribution in [0.4, 0.5) is 5.69 Å². The van der Waals surface area contributed by atoms with Gasteiger partial charge in [-0.1, -0.05) is 0 Å². The summed E-state index contributed by atoms with van der Waals surface area (Å²) in [7, 11) is 0. The maximum absolute atomic E-state index is 10.8. The van der Waals surface area contributed by atoms with Crippen LogP contribution in [0.3, 0.4) is 0 Å². The number of carbonyl (C=O) groups is 1. The minimum Gasteiger partial charge on any atom is -0.478 e. The van der Waals surface area contributed by atoms with E-state index in [9.17, 15) is 15.0 Å². The van der Waals surface area contributed by atoms with Gasteiger partial charge in [-0.05, 0) is 35.9 Å². The number of nitrogen functional groups attached to an aromatic ring is 1. The van der Waals surface area contributed by atoms with Gasteiger partial charge in [0.05, 0.1) is 11.7 Å². The highest BCUT2D eigenvalue weighted by Crippen LogP contribution is 2.23. The van der Waals surface area contributed by atoms with Crippen LogP contribution in [-0.4, -0.2) is 33.1 Å². The van der Waals surface area contributed by atoms with E-state index in [0.29, 0.717) is 12.2 Å². The Morgan fingerprint density at radius 1 is 1.35 bits per heavy atom. The summed E-state index contributed by atoms with van der Waals surface area (Å²) < 4.78 is 0. The molecule has 2 unspecified atom stereocenters. The standard InChI is InChI=1S/C11H15NO4S/c12-8-4-6(3-7(5-8)11(15)16)10(14)9(13)1-2-17/h3-5,9-10,13-14,17H,1-2,12H2,(H,15,16). The summed E-state index contributed by atoms with van der Waals surface area (Å²) in [5, 5.41) is 28.3. The van der Waals surface area contributed by atoms with Gasteiger partial charge in [-0.25, -0.2) is 4.79 Å². The Balaban J connectivity index is 3.01. The highest BCUT2D eigenvalue weighted by molar-refractivity contribution is 7.80. The van der Waals surface area contributed by atoms with Crippen molar-refractivity contribution in [2.75, 3.05) is 11.5 Å². The number of hydrogen-bond donors (Lipinski definition) is 5. The Kier molecular flexibility index (Phi) is 4.80. The summed E-state index contributed by atoms with van der Waals surface area (Å²) in [6.07, 6.45) is -1.85. The molecule has 0 radical (unpaired) electrons. The molecule has 6 heteroatoms. The lowest BCUT2D eigenvalue weighted by atomic mass is 10.00. The second kappa shape index (κ2) is 5.90. The van der Waals surface area contributed by atoms with Gasteiger partial charge in [-0.2, -0.15) is 12.6 Å². The molecule has 0 aliphatic carbocycles. The van der Waals surface area contributed by atoms with E-state index in [-0.39, 0.29) is 16.8 Å². The second-order valence-corrected chi connectivity index (χ2v) is 4.17. The molecule has 5 nitrogen and oxygen atoms in total. The summed E-state index contributed by atoms with van der Waals surface area (Å²) in [6.45, 7) is 0. The molecule has 0 amide bonds. The number of benzene rings is 1. The average molecular weight is 257 g/mol. The molecule has 1 rings (SSSR count). The smallest absolute Gasteiger partial charge is 0.335 e. The normalized spacial score (nSPS) is 14.3. The first-order valence-corrected chi connectivity index (χ1v) is 5.69. The summed E-state index contributed by atoms with van der Waals surface area (Å²) in [4.78, 5) is 10.8. The predicted molar refractivity (Wildman–Crippen MR) is 67.3 cm³/mol. The molecule has 0 heterocycles. The van der Waals surface area contributed by atoms with Crippen molar-refractivity contribution in [1.82, 2.24) is 0 Å². The van der Waals surface area contributed by atoms with E-state index in [1.807, 2.05) is 0 Å². The molecule has 0 fully saturated rings. The third-order valence-corrected chi connectivity index (χ3v) is 2.61. The monoisotopic (exact) mass is 257 g/mol. The van der Waals surface area contributed by atoms with Crippen molar-refractivity contribution in [2.24, 2.45) is 0 Å². The number of rotatable bonds is 5. The number of anilines is 1. The third kappa shape index (κ3) is 3.62. The van der Waals surface area contributed by atoms with E-state index >= 15 is 0 Å². The summed E-state index contributed by atoms with van der Waals surface area (Å²) in [5.74, 6) is -0.707. The van der Waals surface area contributed by atoms with Gasteiger partial charge in [-0.15, -0.1) is 0 Å². The highest BCUT2D eigenvalue weighted by Gasteiger charge is 2.19. The molecule has 0 spiro atoms. The Morgan fingerprint density at radius 2 is 2.00 bits per heavy atom. The molecule has 94 valence electrons. The van der Waals surface area contributed by atoms with E-state index in [1.165, 1.54) is 18.2 Å². The Labute approximate surface area is 104 Å². The van der Waals surface area contributed by atoms with Gasteiger partial charge in [-0.3, -0.25) is 0 Å². The first-order valence-electron chi connectivity index (χ1n) is 5.06. The van der Waals surface area contributed by atoms with Crippen LogP contribution in [0.5, 0.6) is 0 Å². The largest absolute Gasteiger partial charge is 0.478 e. The van der Waals surface area contributed by atoms with Crippen molar-refractivity contribution < 1.29 is 20.1 Å². The lowest BCUT2D eigenvalue weighted by Crippen LogP contribution is -2.19. The zero-order valence-corrected chi connectivity index (χ0v) is 9.97. The Morgan fingerprint density at radius 3 is 2.53 bits per heavy atom. The van der Waals surface area contributed by atoms with E-state index in [2.05, 4.69) is 12.6 Å². The number of carboxylic acid groups (broad SMARTS) is 1. The van der Waals surface area contributed by atoms with E-state index < -0.39 is 18.2 Å². The topological polar surface area (TPSA) is 104 Å². The maximum Gasteiger partial charge on any atom is 0.335 e. The van der Waals surface area contributed by atoms with Crippen LogP contribution < -0.4 is 5.73 Å². The number of hydrogen-bond acceptors (Lipinski definition) is 5. The van der Waals surface area contributed by atoms with Crippen molar-refractivity contribution in [3.8, 4) is 0 Å². The first-order chi connectivity index (χ1) is 7.95. The molecule has 0 bridgehead atoms. The molecule has 0 saturated heterocycles. The minimum atomic E-state index is -1.16. The molecule has 1 aromatic carbocycles. The SMILES string of the molecule is Nc1cc(C(=O)O)cc(C(O)C(O)CCS)c1. The minimum absolute atomic E-state index is 0.0166. The van der Waals surface area contributed by atoms with Crippen molar-refractivity contribution in [3.05, 3.63) is 29.3 Å². The maximum atomic E-state index is 10.8. The molecular formula is C11H15NO4S. The Bertz CT molecular complexity index is 410. The van der Waals surface area contributed by atoms with E-state index in [4.69, 9.17) is 10.8 Å². The summed E-state index contributed by atoms with van der Waals surface area (Å²) in [6, 6.07) is 4.04. The van der Waals surface area contributed by atoms with Gasteiger partial charge in [0.1, 0.15) is 6.10 Å². The average Bonchev–Trinajstić information content (AvgIpc) is 2.27. The van der Waals surface area contributed by atoms with Crippen molar-refractivity contribution in [2.45, 2.75) is 18.6 Å². The van der Waals surface area contributed by atoms with Crippen LogP contribution in [0.15, 0.2) is 18.2 Å². The zero-order chi connectivity index (χ0) is 13.0. The molecule has 0 aromatic heterocycles. The van der Waals surface area contributed by atoms with Crippen LogP contribution in [-0.2, 0) is 0 Å². The fraction of sp³-hybridized carbons (Fsp3) is 0.364. The lowest BCUT2D eigenvalue weighted by molar-refractivity contribution is 0.0172. The zero-order valence-electron chi connectivity index (χ0n) is 9.08. The molecule has 2 atom stereocenters. The number of aromatic carboxylic acids is 1. The van der Waals surface area contributed by atoms with Crippen molar-refractivity contribution >= 4 is 24.3 Å². The highest BCUT2D eigenvalue weighted by atomic mass is 32.1. The fourth-order valence-electron chi connectivity index (χ4n) is 1.48. The lowest BCUT2D eigenvalue weighted by Gasteiger charge is -2.18. The summed E-state index contributed by atoms with van der Waals surface area (Å²) >= 11 is 3.95. The van der Waals surface area contributed by atoms with Gasteiger partial charge in [0.2, 0.25) is 0 Å². The number of aliphatic hydroxyl groups is 2. The molecule has 0 aliphatic rings. The third-order valence-electron chi connectivity index (χ3n) is 2.36. The number of carboxylic acids is 1. The number of thiol groups is 1. The van der Waals surface area contributed by atoms with Crippen LogP contribution in [0.25, 0.3) is 0 Å². The van der Waals surface area contributed by atoms with E-state index in [1.54, 1.807) is 0 Å². The fourth-order valence-corrected chi connectivity index (χ4v) is 1.75. The van der Waals surface area contributed by atoms with E-state index in [0.717, 1.165) is 0 Å². The van der Waals surface area contributed by atoms with Crippen LogP contribution in [0, 0.1) is 0 Å². The van der Waals surface area contributed by atoms with Crippen LogP contribution in [0.2, 0.25) is 0 Å². The number of aliphatic hydroxyl groups excluding tert-OH is 2. The van der Waals surface area contributed by atoms with Gasteiger partial charge >= 0.3 is 5.97 Å². The van der Waals surface area contributed by atoms with Gasteiger partial charge in [0, 0.05) is 5.69 Å². The number of nitrogens with two attached hydrogens (primary N) is 1. The Hall–Kier alpha value is -1.24. The molecule has 0 saturated carbocycles. The molecular weight excluding hydrogens is 242 g/mol. The predicted octanol–water partition coefficient (Wildman–Crippen LogP) is 0.681. The molecule has 1 aromatic rings. The molecule has 5 N–H and O–H groups in total.